The van der Waals surface area contributed by atoms with Crippen molar-refractivity contribution in [1.29, 1.82) is 5.26 Å². The summed E-state index contributed by atoms with van der Waals surface area (Å²) < 4.78 is 17.1. The van der Waals surface area contributed by atoms with Crippen LogP contribution in [0.3, 0.4) is 0 Å². The van der Waals surface area contributed by atoms with Gasteiger partial charge in [-0.15, -0.1) is 5.10 Å². The van der Waals surface area contributed by atoms with E-state index in [0.717, 1.165) is 33.2 Å². The Kier molecular flexibility index (Phi) is 7.09. The highest BCUT2D eigenvalue weighted by atomic mass is 127. The second-order valence-electron chi connectivity index (χ2n) is 12.4. The molecule has 2 saturated carbocycles. The lowest BCUT2D eigenvalue weighted by Gasteiger charge is -2.23. The smallest absolute Gasteiger partial charge is 0.213 e. The molecule has 2 N–H and O–H groups in total. The zero-order valence-corrected chi connectivity index (χ0v) is 26.3. The summed E-state index contributed by atoms with van der Waals surface area (Å²) in [7, 11) is 0. The zero-order chi connectivity index (χ0) is 29.1. The Balaban J connectivity index is 1.46. The molecule has 0 unspecified atom stereocenters. The molecular formula is C30H31ClFIN8. The molecular weight excluding hydrogens is 654 g/mol. The molecule has 1 atom stereocenters. The van der Waals surface area contributed by atoms with Gasteiger partial charge in [0.25, 0.3) is 0 Å². The van der Waals surface area contributed by atoms with Crippen molar-refractivity contribution in [3.8, 4) is 6.07 Å². The molecule has 0 bridgehead atoms. The average molecular weight is 685 g/mol. The highest BCUT2D eigenvalue weighted by Crippen LogP contribution is 2.59. The standard InChI is InChI=1S/C30H31ClFIN8/c1-16-20(7-8-23(32)37-16)26(27-28(33)41(40-39-27)30(9-10-30)18-5-6-18)38-19-11-21-24(36-15-29(2,3)4)17(13-34)14-35-25(21)22(31)12-19/h7-8,11-12,14,18,26,38H,5-6,9-10,15H2,1-4H3,(H,35,36)/t26-/m0/s1. The van der Waals surface area contributed by atoms with Gasteiger partial charge >= 0.3 is 0 Å². The molecule has 2 fully saturated rings. The number of hydrogen-bond acceptors (Lipinski definition) is 7. The number of nitrogens with one attached hydrogen (secondary N) is 2. The summed E-state index contributed by atoms with van der Waals surface area (Å²) in [5.41, 5.74) is 4.60. The summed E-state index contributed by atoms with van der Waals surface area (Å²) in [6, 6.07) is 8.67. The van der Waals surface area contributed by atoms with Crippen molar-refractivity contribution in [3.63, 3.8) is 0 Å². The second-order valence-corrected chi connectivity index (χ2v) is 13.8. The maximum Gasteiger partial charge on any atom is 0.213 e. The number of halogens is 3. The van der Waals surface area contributed by atoms with E-state index in [1.807, 2.05) is 12.1 Å². The van der Waals surface area contributed by atoms with Crippen LogP contribution in [-0.2, 0) is 5.54 Å². The highest BCUT2D eigenvalue weighted by Gasteiger charge is 2.57. The van der Waals surface area contributed by atoms with Crippen molar-refractivity contribution in [2.45, 2.75) is 65.0 Å². The predicted octanol–water partition coefficient (Wildman–Crippen LogP) is 7.36. The molecule has 2 aliphatic rings. The van der Waals surface area contributed by atoms with E-state index < -0.39 is 12.0 Å². The summed E-state index contributed by atoms with van der Waals surface area (Å²) in [5, 5.41) is 27.4. The van der Waals surface area contributed by atoms with Crippen LogP contribution in [0.25, 0.3) is 10.9 Å². The fourth-order valence-electron chi connectivity index (χ4n) is 5.56. The number of hydrogen-bond donors (Lipinski definition) is 2. The molecule has 0 saturated heterocycles. The molecule has 2 aliphatic carbocycles. The third-order valence-corrected chi connectivity index (χ3v) is 9.29. The second kappa shape index (κ2) is 10.3. The normalized spacial score (nSPS) is 16.8. The van der Waals surface area contributed by atoms with Crippen LogP contribution in [0.2, 0.25) is 5.02 Å². The summed E-state index contributed by atoms with van der Waals surface area (Å²) in [5.74, 6) is 0.124. The van der Waals surface area contributed by atoms with Crippen LogP contribution in [-0.4, -0.2) is 31.5 Å². The van der Waals surface area contributed by atoms with Crippen LogP contribution in [0.4, 0.5) is 15.8 Å². The van der Waals surface area contributed by atoms with E-state index in [9.17, 15) is 9.65 Å². The number of nitrogens with zero attached hydrogens (tertiary/aromatic N) is 6. The van der Waals surface area contributed by atoms with E-state index in [4.69, 9.17) is 11.6 Å². The predicted molar refractivity (Wildman–Crippen MR) is 166 cm³/mol. The van der Waals surface area contributed by atoms with Gasteiger partial charge in [0, 0.05) is 35.1 Å². The number of nitriles is 1. The third kappa shape index (κ3) is 5.34. The fourth-order valence-corrected chi connectivity index (χ4v) is 6.83. The van der Waals surface area contributed by atoms with Gasteiger partial charge in [0.05, 0.1) is 27.3 Å². The number of fused-ring (bicyclic) bond motifs is 1. The minimum Gasteiger partial charge on any atom is -0.383 e. The Bertz CT molecular complexity index is 1700. The van der Waals surface area contributed by atoms with Crippen molar-refractivity contribution in [3.05, 3.63) is 67.6 Å². The molecule has 0 spiro atoms. The van der Waals surface area contributed by atoms with E-state index in [-0.39, 0.29) is 11.0 Å². The summed E-state index contributed by atoms with van der Waals surface area (Å²) in [6.45, 7) is 8.83. The first kappa shape index (κ1) is 28.1. The van der Waals surface area contributed by atoms with Crippen molar-refractivity contribution in [2.75, 3.05) is 17.2 Å². The molecule has 41 heavy (non-hydrogen) atoms. The Morgan fingerprint density at radius 2 is 2.02 bits per heavy atom. The van der Waals surface area contributed by atoms with Crippen molar-refractivity contribution < 1.29 is 4.39 Å². The van der Waals surface area contributed by atoms with Gasteiger partial charge in [0.1, 0.15) is 21.5 Å². The van der Waals surface area contributed by atoms with Gasteiger partial charge in [-0.05, 0) is 84.7 Å². The highest BCUT2D eigenvalue weighted by molar-refractivity contribution is 14.1. The van der Waals surface area contributed by atoms with Crippen LogP contribution < -0.4 is 10.6 Å². The molecule has 0 aliphatic heterocycles. The minimum absolute atomic E-state index is 0.0118. The van der Waals surface area contributed by atoms with E-state index in [1.54, 1.807) is 19.2 Å². The average Bonchev–Trinajstić information content (AvgIpc) is 3.83. The minimum atomic E-state index is -0.535. The molecule has 4 aromatic rings. The van der Waals surface area contributed by atoms with Gasteiger partial charge in [-0.2, -0.15) is 9.65 Å². The number of benzene rings is 1. The lowest BCUT2D eigenvalue weighted by molar-refractivity contribution is 0.364. The van der Waals surface area contributed by atoms with Crippen molar-refractivity contribution >= 4 is 56.5 Å². The van der Waals surface area contributed by atoms with E-state index in [1.165, 1.54) is 18.9 Å². The number of aromatic nitrogens is 5. The first-order valence-electron chi connectivity index (χ1n) is 13.8. The summed E-state index contributed by atoms with van der Waals surface area (Å²) >= 11 is 9.12. The topological polar surface area (TPSA) is 104 Å². The molecule has 8 nitrogen and oxygen atoms in total. The maximum absolute atomic E-state index is 14.1. The number of aryl methyl sites for hydroxylation is 1. The molecule has 212 valence electrons. The lowest BCUT2D eigenvalue weighted by atomic mass is 9.96. The third-order valence-electron chi connectivity index (χ3n) is 7.99. The summed E-state index contributed by atoms with van der Waals surface area (Å²) in [4.78, 5) is 8.59. The van der Waals surface area contributed by atoms with Gasteiger partial charge in [-0.3, -0.25) is 4.98 Å². The van der Waals surface area contributed by atoms with Gasteiger partial charge in [0.15, 0.2) is 0 Å². The molecule has 3 aromatic heterocycles. The van der Waals surface area contributed by atoms with Crippen LogP contribution in [0, 0.1) is 39.2 Å². The van der Waals surface area contributed by atoms with Gasteiger partial charge in [0.2, 0.25) is 5.95 Å². The van der Waals surface area contributed by atoms with E-state index in [0.29, 0.717) is 45.6 Å². The van der Waals surface area contributed by atoms with Crippen LogP contribution in [0.15, 0.2) is 30.5 Å². The SMILES string of the molecule is Cc1nc(F)ccc1[C@H](Nc1cc(Cl)c2ncc(C#N)c(NCC(C)(C)C)c2c1)c1nnn(C2(C3CC3)CC2)c1I. The Hall–Kier alpha value is -3.04. The molecule has 3 heterocycles. The van der Waals surface area contributed by atoms with Gasteiger partial charge in [-0.1, -0.05) is 43.7 Å². The monoisotopic (exact) mass is 684 g/mol. The lowest BCUT2D eigenvalue weighted by Crippen LogP contribution is -2.23. The molecule has 0 radical (unpaired) electrons. The first-order valence-corrected chi connectivity index (χ1v) is 15.2. The number of anilines is 2. The fraction of sp³-hybridized carbons (Fsp3) is 0.433. The summed E-state index contributed by atoms with van der Waals surface area (Å²) in [6.07, 6.45) is 6.24. The van der Waals surface area contributed by atoms with E-state index in [2.05, 4.69) is 85.0 Å². The van der Waals surface area contributed by atoms with Crippen LogP contribution >= 0.6 is 34.2 Å². The quantitative estimate of drug-likeness (QED) is 0.148. The number of rotatable bonds is 8. The Morgan fingerprint density at radius 3 is 2.66 bits per heavy atom. The molecule has 1 aromatic carbocycles. The van der Waals surface area contributed by atoms with Crippen LogP contribution in [0.5, 0.6) is 0 Å². The molecule has 6 rings (SSSR count). The van der Waals surface area contributed by atoms with E-state index >= 15 is 0 Å². The first-order chi connectivity index (χ1) is 19.5. The van der Waals surface area contributed by atoms with Crippen molar-refractivity contribution in [1.82, 2.24) is 25.0 Å². The van der Waals surface area contributed by atoms with Gasteiger partial charge < -0.3 is 10.6 Å². The molecule has 0 amide bonds. The number of pyridine rings is 2. The maximum atomic E-state index is 14.1. The Labute approximate surface area is 257 Å². The van der Waals surface area contributed by atoms with Gasteiger partial charge in [-0.25, -0.2) is 9.67 Å². The van der Waals surface area contributed by atoms with Crippen LogP contribution in [0.1, 0.15) is 75.0 Å². The largest absolute Gasteiger partial charge is 0.383 e. The molecule has 11 heteroatoms. The van der Waals surface area contributed by atoms with Crippen molar-refractivity contribution in [2.24, 2.45) is 11.3 Å². The Morgan fingerprint density at radius 1 is 1.27 bits per heavy atom. The zero-order valence-electron chi connectivity index (χ0n) is 23.4.